The van der Waals surface area contributed by atoms with Gasteiger partial charge < -0.3 is 13.8 Å². The molecule has 2 aromatic carbocycles. The van der Waals surface area contributed by atoms with Crippen LogP contribution in [0.25, 0.3) is 0 Å². The third kappa shape index (κ3) is 4.84. The van der Waals surface area contributed by atoms with Crippen molar-refractivity contribution >= 4 is 13.4 Å². The number of ketones is 1. The normalized spacial score (nSPS) is 13.5. The molecule has 0 fully saturated rings. The lowest BCUT2D eigenvalue weighted by Gasteiger charge is -2.28. The highest BCUT2D eigenvalue weighted by atomic mass is 31.2. The van der Waals surface area contributed by atoms with Crippen molar-refractivity contribution in [1.29, 1.82) is 0 Å². The number of hydrogen-bond acceptors (Lipinski definition) is 7. The molecule has 8 nitrogen and oxygen atoms in total. The Kier molecular flexibility index (Phi) is 7.45. The van der Waals surface area contributed by atoms with Crippen LogP contribution in [0.5, 0.6) is 5.75 Å². The molecule has 2 rings (SSSR count). The van der Waals surface area contributed by atoms with Gasteiger partial charge in [0.15, 0.2) is 5.78 Å². The van der Waals surface area contributed by atoms with E-state index in [9.17, 15) is 19.5 Å². The van der Waals surface area contributed by atoms with E-state index < -0.39 is 36.4 Å². The maximum absolute atomic E-state index is 13.3. The molecule has 0 heterocycles. The van der Waals surface area contributed by atoms with Crippen LogP contribution in [-0.2, 0) is 13.6 Å². The number of methoxy groups -OCH3 is 1. The lowest BCUT2D eigenvalue weighted by Crippen LogP contribution is -2.33. The molecule has 0 spiro atoms. The molecule has 0 amide bonds. The molecule has 0 saturated heterocycles. The number of Topliss-reactive ketones (excluding diaryl/α,β-unsaturated/α-hetero) is 1. The van der Waals surface area contributed by atoms with E-state index in [1.807, 2.05) is 0 Å². The van der Waals surface area contributed by atoms with Crippen LogP contribution in [0.1, 0.15) is 21.8 Å². The number of carbonyl (C=O) groups is 1. The predicted octanol–water partition coefficient (Wildman–Crippen LogP) is 3.79. The van der Waals surface area contributed by atoms with Crippen LogP contribution in [-0.4, -0.2) is 44.2 Å². The van der Waals surface area contributed by atoms with Crippen LogP contribution in [0.15, 0.2) is 54.6 Å². The van der Waals surface area contributed by atoms with Gasteiger partial charge in [0.25, 0.3) is 0 Å². The van der Waals surface area contributed by atoms with Crippen molar-refractivity contribution in [3.8, 4) is 5.75 Å². The van der Waals surface area contributed by atoms with Gasteiger partial charge in [0.1, 0.15) is 11.4 Å². The maximum atomic E-state index is 13.3. The molecule has 2 atom stereocenters. The van der Waals surface area contributed by atoms with E-state index in [0.717, 1.165) is 14.2 Å². The monoisotopic (exact) mass is 407 g/mol. The molecule has 0 aromatic heterocycles. The third-order valence-electron chi connectivity index (χ3n) is 4.45. The number of ether oxygens (including phenoxy) is 1. The average Bonchev–Trinajstić information content (AvgIpc) is 2.73. The van der Waals surface area contributed by atoms with Crippen molar-refractivity contribution < 1.29 is 28.1 Å². The van der Waals surface area contributed by atoms with Gasteiger partial charge in [-0.05, 0) is 17.7 Å². The molecule has 0 N–H and O–H groups in total. The average molecular weight is 407 g/mol. The van der Waals surface area contributed by atoms with Gasteiger partial charge in [0.05, 0.1) is 13.0 Å². The second-order valence-electron chi connectivity index (χ2n) is 5.98. The summed E-state index contributed by atoms with van der Waals surface area (Å²) in [6.45, 7) is -0.619. The first-order valence-electron chi connectivity index (χ1n) is 8.42. The third-order valence-corrected chi connectivity index (χ3v) is 6.74. The summed E-state index contributed by atoms with van der Waals surface area (Å²) < 4.78 is 28.6. The molecule has 2 aromatic rings. The van der Waals surface area contributed by atoms with E-state index in [1.54, 1.807) is 54.6 Å². The summed E-state index contributed by atoms with van der Waals surface area (Å²) in [5.74, 6) is -1.02. The summed E-state index contributed by atoms with van der Waals surface area (Å²) in [5.41, 5.74) is -0.659. The number of nitrogens with zero attached hydrogens (tertiary/aromatic N) is 1. The molecule has 0 aliphatic carbocycles. The zero-order valence-corrected chi connectivity index (χ0v) is 16.7. The van der Waals surface area contributed by atoms with E-state index in [-0.39, 0.29) is 5.56 Å². The topological polar surface area (TPSA) is 105 Å². The van der Waals surface area contributed by atoms with Gasteiger partial charge in [-0.2, -0.15) is 0 Å². The second-order valence-corrected chi connectivity index (χ2v) is 8.34. The number of hydrogen-bond donors (Lipinski definition) is 0. The fraction of sp³-hybridized carbons (Fsp3) is 0.316. The van der Waals surface area contributed by atoms with E-state index in [2.05, 4.69) is 0 Å². The van der Waals surface area contributed by atoms with E-state index in [1.165, 1.54) is 7.11 Å². The lowest BCUT2D eigenvalue weighted by atomic mass is 9.91. The molecule has 0 unspecified atom stereocenters. The summed E-state index contributed by atoms with van der Waals surface area (Å²) in [4.78, 5) is 24.1. The summed E-state index contributed by atoms with van der Waals surface area (Å²) in [6.07, 6.45) is 0. The van der Waals surface area contributed by atoms with Crippen molar-refractivity contribution in [2.75, 3.05) is 27.9 Å². The molecule has 150 valence electrons. The van der Waals surface area contributed by atoms with E-state index >= 15 is 0 Å². The van der Waals surface area contributed by atoms with Gasteiger partial charge in [-0.25, -0.2) is 0 Å². The van der Waals surface area contributed by atoms with Crippen molar-refractivity contribution in [2.24, 2.45) is 0 Å². The summed E-state index contributed by atoms with van der Waals surface area (Å²) in [6, 6.07) is 14.6. The fourth-order valence-corrected chi connectivity index (χ4v) is 4.77. The zero-order valence-electron chi connectivity index (χ0n) is 15.8. The Morgan fingerprint density at radius 1 is 1.04 bits per heavy atom. The summed E-state index contributed by atoms with van der Waals surface area (Å²) >= 11 is 0. The van der Waals surface area contributed by atoms with Gasteiger partial charge >= 0.3 is 7.60 Å². The Labute approximate surface area is 163 Å². The summed E-state index contributed by atoms with van der Waals surface area (Å²) in [7, 11) is -0.180. The Bertz CT molecular complexity index is 846. The lowest BCUT2D eigenvalue weighted by molar-refractivity contribution is -0.483. The van der Waals surface area contributed by atoms with Crippen LogP contribution in [0.2, 0.25) is 0 Å². The van der Waals surface area contributed by atoms with Gasteiger partial charge in [0, 0.05) is 24.7 Å². The van der Waals surface area contributed by atoms with Gasteiger partial charge in [-0.3, -0.25) is 19.5 Å². The SMILES string of the molecule is COc1ccc([C@@H](C[N+](=O)[O-])[C@H](C(=O)c2ccccc2)P(=O)(OC)OC)cc1. The van der Waals surface area contributed by atoms with Gasteiger partial charge in [-0.1, -0.05) is 42.5 Å². The highest BCUT2D eigenvalue weighted by Crippen LogP contribution is 2.57. The van der Waals surface area contributed by atoms with Crippen LogP contribution in [0, 0.1) is 10.1 Å². The van der Waals surface area contributed by atoms with E-state index in [4.69, 9.17) is 13.8 Å². The Hall–Kier alpha value is -2.54. The smallest absolute Gasteiger partial charge is 0.341 e. The first-order chi connectivity index (χ1) is 13.4. The first-order valence-corrected chi connectivity index (χ1v) is 10.0. The standard InChI is InChI=1S/C19H22NO7P/c1-25-16-11-9-14(10-12-16)17(13-20(22)23)19(28(24,26-2)27-3)18(21)15-7-5-4-6-8-15/h4-12,17,19H,13H2,1-3H3/t17-,19-/m1/s1. The molecule has 0 aliphatic rings. The van der Waals surface area contributed by atoms with Crippen LogP contribution in [0.3, 0.4) is 0 Å². The van der Waals surface area contributed by atoms with Crippen molar-refractivity contribution in [2.45, 2.75) is 11.6 Å². The highest BCUT2D eigenvalue weighted by molar-refractivity contribution is 7.55. The van der Waals surface area contributed by atoms with Crippen LogP contribution in [0.4, 0.5) is 0 Å². The molecule has 0 bridgehead atoms. The first kappa shape index (κ1) is 21.8. The summed E-state index contributed by atoms with van der Waals surface area (Å²) in [5, 5.41) is 11.4. The minimum Gasteiger partial charge on any atom is -0.497 e. The minimum atomic E-state index is -3.99. The molecule has 9 heteroatoms. The second kappa shape index (κ2) is 9.59. The molecular formula is C19H22NO7P. The highest BCUT2D eigenvalue weighted by Gasteiger charge is 2.48. The molecule has 0 radical (unpaired) electrons. The minimum absolute atomic E-state index is 0.267. The molecule has 0 saturated carbocycles. The van der Waals surface area contributed by atoms with Gasteiger partial charge in [-0.15, -0.1) is 0 Å². The Morgan fingerprint density at radius 3 is 2.07 bits per heavy atom. The number of nitro groups is 1. The van der Waals surface area contributed by atoms with Crippen molar-refractivity contribution in [1.82, 2.24) is 0 Å². The zero-order chi connectivity index (χ0) is 20.7. The number of carbonyl (C=O) groups excluding carboxylic acids is 1. The quantitative estimate of drug-likeness (QED) is 0.255. The van der Waals surface area contributed by atoms with Crippen LogP contribution >= 0.6 is 7.60 Å². The fourth-order valence-electron chi connectivity index (χ4n) is 3.02. The van der Waals surface area contributed by atoms with E-state index in [0.29, 0.717) is 11.3 Å². The largest absolute Gasteiger partial charge is 0.497 e. The Balaban J connectivity index is 2.61. The molecular weight excluding hydrogens is 385 g/mol. The van der Waals surface area contributed by atoms with Crippen molar-refractivity contribution in [3.05, 3.63) is 75.8 Å². The number of benzene rings is 2. The molecule has 0 aliphatic heterocycles. The van der Waals surface area contributed by atoms with Gasteiger partial charge in [0.2, 0.25) is 6.54 Å². The van der Waals surface area contributed by atoms with Crippen molar-refractivity contribution in [3.63, 3.8) is 0 Å². The molecule has 28 heavy (non-hydrogen) atoms. The van der Waals surface area contributed by atoms with Crippen LogP contribution < -0.4 is 4.74 Å². The number of rotatable bonds is 10. The predicted molar refractivity (Wildman–Crippen MR) is 104 cm³/mol. The Morgan fingerprint density at radius 2 is 1.61 bits per heavy atom. The maximum Gasteiger partial charge on any atom is 0.341 e.